The topological polar surface area (TPSA) is 13.1 Å². The van der Waals surface area contributed by atoms with Gasteiger partial charge in [-0.2, -0.15) is 1.33 Å². The normalized spacial score (nSPS) is 23.3. The zero-order chi connectivity index (χ0) is 19.1. The molecule has 0 aromatic carbocycles. The van der Waals surface area contributed by atoms with Crippen molar-refractivity contribution in [3.8, 4) is 0 Å². The first kappa shape index (κ1) is 23.0. The van der Waals surface area contributed by atoms with Crippen molar-refractivity contribution in [3.63, 3.8) is 0 Å². The first-order valence-corrected chi connectivity index (χ1v) is 14.1. The van der Waals surface area contributed by atoms with Gasteiger partial charge in [-0.3, -0.25) is 0 Å². The summed E-state index contributed by atoms with van der Waals surface area (Å²) in [6.45, 7) is 0. The van der Waals surface area contributed by atoms with E-state index in [9.17, 15) is 0 Å². The Morgan fingerprint density at radius 3 is 1.37 bits per heavy atom. The second-order valence-corrected chi connectivity index (χ2v) is 13.4. The Morgan fingerprint density at radius 2 is 1.04 bits per heavy atom. The van der Waals surface area contributed by atoms with Gasteiger partial charge in [0.25, 0.3) is 0 Å². The van der Waals surface area contributed by atoms with Crippen LogP contribution in [0.25, 0.3) is 0 Å². The average Bonchev–Trinajstić information content (AvgIpc) is 3.12. The van der Waals surface area contributed by atoms with Gasteiger partial charge in [0, 0.05) is 51.8 Å². The summed E-state index contributed by atoms with van der Waals surface area (Å²) in [6, 6.07) is 2.41. The molecule has 1 aromatic rings. The van der Waals surface area contributed by atoms with Gasteiger partial charge < -0.3 is 0 Å². The van der Waals surface area contributed by atoms with Gasteiger partial charge >= 0.3 is 121 Å². The van der Waals surface area contributed by atoms with Crippen molar-refractivity contribution >= 4 is 45.7 Å². The molecule has 0 spiro atoms. The van der Waals surface area contributed by atoms with Crippen molar-refractivity contribution in [2.75, 3.05) is 0 Å². The molecule has 4 rings (SSSR count). The third kappa shape index (κ3) is 6.92. The molecule has 0 amide bonds. The molecule has 158 valence electrons. The molecule has 0 N–H and O–H groups in total. The Kier molecular flexibility index (Phi) is 10.4. The number of imidazole rings is 1. The number of rotatable bonds is 3. The van der Waals surface area contributed by atoms with Crippen LogP contribution in [-0.2, 0) is 19.4 Å². The van der Waals surface area contributed by atoms with Crippen molar-refractivity contribution in [2.45, 2.75) is 114 Å². The van der Waals surface area contributed by atoms with Crippen LogP contribution in [0.5, 0.6) is 0 Å². The summed E-state index contributed by atoms with van der Waals surface area (Å²) in [4.78, 5) is 0. The van der Waals surface area contributed by atoms with Gasteiger partial charge in [0.05, 0.1) is 0 Å². The molecule has 1 aromatic heterocycles. The Morgan fingerprint density at radius 1 is 0.667 bits per heavy atom. The predicted molar refractivity (Wildman–Crippen MR) is 127 cm³/mol. The van der Waals surface area contributed by atoms with Crippen molar-refractivity contribution in [1.82, 2.24) is 10.5 Å². The molecular formula is C21H35I2N3Pt. The second kappa shape index (κ2) is 12.2. The van der Waals surface area contributed by atoms with Gasteiger partial charge in [0.2, 0.25) is 0 Å². The summed E-state index contributed by atoms with van der Waals surface area (Å²) >= 11 is 7.31. The van der Waals surface area contributed by atoms with Crippen LogP contribution in [0.15, 0.2) is 12.4 Å². The van der Waals surface area contributed by atoms with E-state index in [4.69, 9.17) is 0 Å². The third-order valence-electron chi connectivity index (χ3n) is 6.57. The summed E-state index contributed by atoms with van der Waals surface area (Å²) in [5.74, 6) is 0. The SMILES string of the molecule is IN(I)C1CCCCC1.[Pt]=[c]1n(C2CCCCC2)ccn1C1CCCCC1. The molecule has 3 saturated carbocycles. The molecule has 3 fully saturated rings. The molecule has 0 radical (unpaired) electrons. The van der Waals surface area contributed by atoms with E-state index in [0.717, 1.165) is 18.1 Å². The fourth-order valence-electron chi connectivity index (χ4n) is 4.91. The monoisotopic (exact) mass is 778 g/mol. The minimum atomic E-state index is 0.774. The van der Waals surface area contributed by atoms with E-state index in [0.29, 0.717) is 0 Å². The molecule has 3 aliphatic carbocycles. The maximum absolute atomic E-state index is 2.55. The Bertz CT molecular complexity index is 556. The molecule has 6 heteroatoms. The van der Waals surface area contributed by atoms with Crippen LogP contribution in [0.4, 0.5) is 0 Å². The van der Waals surface area contributed by atoms with E-state index in [1.807, 2.05) is 0 Å². The van der Waals surface area contributed by atoms with Crippen LogP contribution in [0.2, 0.25) is 0 Å². The van der Waals surface area contributed by atoms with Gasteiger partial charge in [0.15, 0.2) is 0 Å². The van der Waals surface area contributed by atoms with E-state index < -0.39 is 0 Å². The summed E-state index contributed by atoms with van der Waals surface area (Å²) in [5, 5.41) is 0. The molecule has 0 unspecified atom stereocenters. The average molecular weight is 778 g/mol. The van der Waals surface area contributed by atoms with Gasteiger partial charge in [-0.15, -0.1) is 0 Å². The summed E-state index contributed by atoms with van der Waals surface area (Å²) < 4.78 is 8.87. The molecule has 1 heterocycles. The number of hydrogen-bond donors (Lipinski definition) is 0. The summed E-state index contributed by atoms with van der Waals surface area (Å²) in [6.07, 6.45) is 25.9. The number of aromatic nitrogens is 2. The molecular weight excluding hydrogens is 743 g/mol. The molecule has 0 bridgehead atoms. The fourth-order valence-corrected chi connectivity index (χ4v) is 7.19. The van der Waals surface area contributed by atoms with Crippen LogP contribution in [0, 0.1) is 3.80 Å². The molecule has 0 aliphatic heterocycles. The van der Waals surface area contributed by atoms with Gasteiger partial charge in [-0.1, -0.05) is 19.3 Å². The number of nitrogens with zero attached hydrogens (tertiary/aromatic N) is 3. The zero-order valence-electron chi connectivity index (χ0n) is 16.4. The van der Waals surface area contributed by atoms with Crippen LogP contribution in [-0.4, -0.2) is 16.5 Å². The Balaban J connectivity index is 0.000000197. The van der Waals surface area contributed by atoms with E-state index in [-0.39, 0.29) is 0 Å². The fraction of sp³-hybridized carbons (Fsp3) is 0.857. The molecule has 27 heavy (non-hydrogen) atoms. The number of halogens is 2. The predicted octanol–water partition coefficient (Wildman–Crippen LogP) is 7.70. The molecule has 3 nitrogen and oxygen atoms in total. The van der Waals surface area contributed by atoms with Crippen LogP contribution in [0.3, 0.4) is 0 Å². The van der Waals surface area contributed by atoms with E-state index in [1.165, 1.54) is 100 Å². The standard InChI is InChI=1S/C15H24N2.C6H11I2N.Pt/c1-3-7-14(8-4-1)16-11-12-17(13-16)15-9-5-2-6-10-15;7-9(8)6-4-2-1-3-5-6;/h11-12,14-15H,1-10H2;6H,1-5H2;. The van der Waals surface area contributed by atoms with E-state index >= 15 is 0 Å². The number of hydrogen-bond acceptors (Lipinski definition) is 1. The minimum absolute atomic E-state index is 0.774. The Labute approximate surface area is 204 Å². The third-order valence-corrected chi connectivity index (χ3v) is 9.32. The van der Waals surface area contributed by atoms with Gasteiger partial charge in [-0.25, -0.2) is 0 Å². The summed E-state index contributed by atoms with van der Waals surface area (Å²) in [5.41, 5.74) is 0. The van der Waals surface area contributed by atoms with Crippen LogP contribution in [0.1, 0.15) is 108 Å². The molecule has 3 aliphatic rings. The quantitative estimate of drug-likeness (QED) is 0.227. The van der Waals surface area contributed by atoms with Crippen LogP contribution >= 0.6 is 45.7 Å². The first-order valence-electron chi connectivity index (χ1n) is 11.0. The van der Waals surface area contributed by atoms with Crippen molar-refractivity contribution in [3.05, 3.63) is 16.2 Å². The van der Waals surface area contributed by atoms with Gasteiger partial charge in [0.1, 0.15) is 0 Å². The Hall–Kier alpha value is 1.32. The van der Waals surface area contributed by atoms with Crippen LogP contribution < -0.4 is 0 Å². The van der Waals surface area contributed by atoms with Gasteiger partial charge in [-0.05, 0) is 12.8 Å². The summed E-state index contributed by atoms with van der Waals surface area (Å²) in [7, 11) is 0. The van der Waals surface area contributed by atoms with Crippen molar-refractivity contribution in [2.24, 2.45) is 0 Å². The van der Waals surface area contributed by atoms with Crippen molar-refractivity contribution < 1.29 is 19.4 Å². The molecule has 0 atom stereocenters. The van der Waals surface area contributed by atoms with Crippen molar-refractivity contribution in [1.29, 1.82) is 0 Å². The zero-order valence-corrected chi connectivity index (χ0v) is 23.0. The van der Waals surface area contributed by atoms with E-state index in [1.54, 1.807) is 0 Å². The first-order chi connectivity index (χ1) is 13.2. The second-order valence-electron chi connectivity index (χ2n) is 8.49. The maximum atomic E-state index is 2.55. The molecule has 0 saturated heterocycles. The van der Waals surface area contributed by atoms with E-state index in [2.05, 4.69) is 87.9 Å².